The summed E-state index contributed by atoms with van der Waals surface area (Å²) in [7, 11) is 0. The Balaban J connectivity index is 1.77. The van der Waals surface area contributed by atoms with Crippen LogP contribution in [0.3, 0.4) is 0 Å². The van der Waals surface area contributed by atoms with E-state index in [1.807, 2.05) is 0 Å². The first-order valence-electron chi connectivity index (χ1n) is 6.30. The van der Waals surface area contributed by atoms with Crippen molar-refractivity contribution in [2.45, 2.75) is 51.0 Å². The van der Waals surface area contributed by atoms with E-state index in [-0.39, 0.29) is 0 Å². The number of aliphatic hydroxyl groups is 1. The molecule has 2 rings (SSSR count). The van der Waals surface area contributed by atoms with Gasteiger partial charge in [-0.15, -0.1) is 0 Å². The maximum absolute atomic E-state index is 9.95. The fourth-order valence-electron chi connectivity index (χ4n) is 2.50. The van der Waals surface area contributed by atoms with Crippen LogP contribution in [0, 0.1) is 5.92 Å². The molecule has 0 radical (unpaired) electrons. The predicted molar refractivity (Wildman–Crippen MR) is 62.8 cm³/mol. The summed E-state index contributed by atoms with van der Waals surface area (Å²) in [5.41, 5.74) is 0.707. The minimum absolute atomic E-state index is 0.435. The lowest BCUT2D eigenvalue weighted by Crippen LogP contribution is -2.09. The molecule has 0 spiro atoms. The molecular weight excluding hydrogens is 200 g/mol. The first kappa shape index (κ1) is 11.5. The third-order valence-corrected chi connectivity index (χ3v) is 3.50. The second-order valence-electron chi connectivity index (χ2n) is 4.73. The Bertz CT molecular complexity index is 296. The smallest absolute Gasteiger partial charge is 0.0975 e. The molecule has 1 aromatic rings. The highest BCUT2D eigenvalue weighted by Gasteiger charge is 2.16. The van der Waals surface area contributed by atoms with Crippen LogP contribution in [0.1, 0.15) is 56.7 Å². The minimum Gasteiger partial charge on any atom is -0.387 e. The van der Waals surface area contributed by atoms with Crippen LogP contribution in [0.2, 0.25) is 0 Å². The van der Waals surface area contributed by atoms with E-state index in [4.69, 9.17) is 0 Å². The van der Waals surface area contributed by atoms with Crippen LogP contribution in [0.4, 0.5) is 0 Å². The summed E-state index contributed by atoms with van der Waals surface area (Å²) in [6, 6.07) is 0. The largest absolute Gasteiger partial charge is 0.387 e. The number of aromatic nitrogens is 2. The van der Waals surface area contributed by atoms with Gasteiger partial charge in [0.05, 0.1) is 18.0 Å². The lowest BCUT2D eigenvalue weighted by Gasteiger charge is -2.22. The molecule has 3 heteroatoms. The van der Waals surface area contributed by atoms with Gasteiger partial charge in [-0.3, -0.25) is 9.97 Å². The summed E-state index contributed by atoms with van der Waals surface area (Å²) < 4.78 is 0. The molecule has 3 nitrogen and oxygen atoms in total. The van der Waals surface area contributed by atoms with E-state index in [2.05, 4.69) is 9.97 Å². The van der Waals surface area contributed by atoms with Crippen molar-refractivity contribution >= 4 is 0 Å². The Morgan fingerprint density at radius 2 is 2.06 bits per heavy atom. The van der Waals surface area contributed by atoms with Gasteiger partial charge in [0.2, 0.25) is 0 Å². The van der Waals surface area contributed by atoms with E-state index >= 15 is 0 Å². The molecule has 16 heavy (non-hydrogen) atoms. The van der Waals surface area contributed by atoms with Gasteiger partial charge in [-0.1, -0.05) is 32.1 Å². The Labute approximate surface area is 96.9 Å². The third kappa shape index (κ3) is 3.27. The molecule has 1 N–H and O–H groups in total. The van der Waals surface area contributed by atoms with Gasteiger partial charge in [-0.25, -0.2) is 0 Å². The van der Waals surface area contributed by atoms with Gasteiger partial charge < -0.3 is 5.11 Å². The summed E-state index contributed by atoms with van der Waals surface area (Å²) >= 11 is 0. The molecule has 1 heterocycles. The standard InChI is InChI=1S/C13H20N2O/c16-13(12-10-14-8-9-15-12)7-6-11-4-2-1-3-5-11/h8-11,13,16H,1-7H2. The first-order valence-corrected chi connectivity index (χ1v) is 6.30. The average molecular weight is 220 g/mol. The zero-order valence-electron chi connectivity index (χ0n) is 9.68. The van der Waals surface area contributed by atoms with Crippen LogP contribution in [0.15, 0.2) is 18.6 Å². The first-order chi connectivity index (χ1) is 7.86. The third-order valence-electron chi connectivity index (χ3n) is 3.50. The molecule has 0 amide bonds. The quantitative estimate of drug-likeness (QED) is 0.848. The fourth-order valence-corrected chi connectivity index (χ4v) is 2.50. The summed E-state index contributed by atoms with van der Waals surface area (Å²) in [6.45, 7) is 0. The number of aliphatic hydroxyl groups excluding tert-OH is 1. The maximum atomic E-state index is 9.95. The molecular formula is C13H20N2O. The topological polar surface area (TPSA) is 46.0 Å². The van der Waals surface area contributed by atoms with E-state index in [1.165, 1.54) is 32.1 Å². The zero-order valence-corrected chi connectivity index (χ0v) is 9.68. The Kier molecular flexibility index (Phi) is 4.28. The van der Waals surface area contributed by atoms with E-state index in [1.54, 1.807) is 18.6 Å². The SMILES string of the molecule is OC(CCC1CCCCC1)c1cnccn1. The lowest BCUT2D eigenvalue weighted by molar-refractivity contribution is 0.146. The molecule has 0 bridgehead atoms. The second-order valence-corrected chi connectivity index (χ2v) is 4.73. The maximum Gasteiger partial charge on any atom is 0.0975 e. The van der Waals surface area contributed by atoms with Crippen molar-refractivity contribution in [1.29, 1.82) is 0 Å². The Hall–Kier alpha value is -0.960. The number of rotatable bonds is 4. The summed E-state index contributed by atoms with van der Waals surface area (Å²) in [6.07, 6.45) is 13.3. The van der Waals surface area contributed by atoms with Crippen LogP contribution in [-0.4, -0.2) is 15.1 Å². The highest BCUT2D eigenvalue weighted by atomic mass is 16.3. The van der Waals surface area contributed by atoms with Gasteiger partial charge in [0.15, 0.2) is 0 Å². The van der Waals surface area contributed by atoms with Gasteiger partial charge >= 0.3 is 0 Å². The van der Waals surface area contributed by atoms with E-state index in [0.29, 0.717) is 5.69 Å². The van der Waals surface area contributed by atoms with Crippen LogP contribution in [0.25, 0.3) is 0 Å². The number of nitrogens with zero attached hydrogens (tertiary/aromatic N) is 2. The molecule has 0 aromatic carbocycles. The molecule has 1 saturated carbocycles. The van der Waals surface area contributed by atoms with Gasteiger partial charge in [0.25, 0.3) is 0 Å². The molecule has 1 unspecified atom stereocenters. The van der Waals surface area contributed by atoms with Crippen molar-refractivity contribution in [2.75, 3.05) is 0 Å². The van der Waals surface area contributed by atoms with Crippen LogP contribution < -0.4 is 0 Å². The molecule has 0 aliphatic heterocycles. The number of hydrogen-bond acceptors (Lipinski definition) is 3. The van der Waals surface area contributed by atoms with Crippen molar-refractivity contribution < 1.29 is 5.11 Å². The second kappa shape index (κ2) is 5.94. The molecule has 1 aliphatic rings. The monoisotopic (exact) mass is 220 g/mol. The molecule has 0 saturated heterocycles. The highest BCUT2D eigenvalue weighted by Crippen LogP contribution is 2.29. The molecule has 1 aliphatic carbocycles. The Morgan fingerprint density at radius 3 is 2.75 bits per heavy atom. The summed E-state index contributed by atoms with van der Waals surface area (Å²) in [5, 5.41) is 9.95. The fraction of sp³-hybridized carbons (Fsp3) is 0.692. The van der Waals surface area contributed by atoms with Crippen LogP contribution in [-0.2, 0) is 0 Å². The average Bonchev–Trinajstić information content (AvgIpc) is 2.38. The summed E-state index contributed by atoms with van der Waals surface area (Å²) in [5.74, 6) is 0.820. The van der Waals surface area contributed by atoms with Gasteiger partial charge in [0.1, 0.15) is 0 Å². The van der Waals surface area contributed by atoms with Crippen LogP contribution >= 0.6 is 0 Å². The zero-order chi connectivity index (χ0) is 11.2. The highest BCUT2D eigenvalue weighted by molar-refractivity contribution is 4.98. The molecule has 88 valence electrons. The molecule has 1 atom stereocenters. The van der Waals surface area contributed by atoms with E-state index < -0.39 is 6.10 Å². The minimum atomic E-state index is -0.435. The van der Waals surface area contributed by atoms with E-state index in [9.17, 15) is 5.11 Å². The van der Waals surface area contributed by atoms with E-state index in [0.717, 1.165) is 18.8 Å². The van der Waals surface area contributed by atoms with Crippen molar-refractivity contribution in [2.24, 2.45) is 5.92 Å². The van der Waals surface area contributed by atoms with Crippen molar-refractivity contribution in [1.82, 2.24) is 9.97 Å². The Morgan fingerprint density at radius 1 is 1.25 bits per heavy atom. The lowest BCUT2D eigenvalue weighted by atomic mass is 9.85. The summed E-state index contributed by atoms with van der Waals surface area (Å²) in [4.78, 5) is 8.11. The van der Waals surface area contributed by atoms with Gasteiger partial charge in [0, 0.05) is 12.4 Å². The van der Waals surface area contributed by atoms with Crippen molar-refractivity contribution in [3.63, 3.8) is 0 Å². The van der Waals surface area contributed by atoms with Crippen molar-refractivity contribution in [3.05, 3.63) is 24.3 Å². The normalized spacial score (nSPS) is 19.6. The van der Waals surface area contributed by atoms with Gasteiger partial charge in [-0.2, -0.15) is 0 Å². The predicted octanol–water partition coefficient (Wildman–Crippen LogP) is 2.87. The molecule has 1 aromatic heterocycles. The van der Waals surface area contributed by atoms with Gasteiger partial charge in [-0.05, 0) is 18.8 Å². The van der Waals surface area contributed by atoms with Crippen LogP contribution in [0.5, 0.6) is 0 Å². The molecule has 1 fully saturated rings. The van der Waals surface area contributed by atoms with Crippen molar-refractivity contribution in [3.8, 4) is 0 Å². The number of hydrogen-bond donors (Lipinski definition) is 1.